The number of ketones is 1. The fraction of sp³-hybridized carbons (Fsp3) is 0.750. The lowest BCUT2D eigenvalue weighted by Gasteiger charge is -2.09. The first-order valence-corrected chi connectivity index (χ1v) is 4.93. The molecule has 0 aliphatic heterocycles. The molecule has 0 amide bonds. The summed E-state index contributed by atoms with van der Waals surface area (Å²) in [5, 5.41) is 0.306. The fourth-order valence-electron chi connectivity index (χ4n) is 0.890. The first kappa shape index (κ1) is 11.6. The Hall–Kier alpha value is -0.380. The first-order chi connectivity index (χ1) is 5.65. The Bertz CT molecular complexity index is 168. The molecule has 0 N–H and O–H groups in total. The number of esters is 1. The topological polar surface area (TPSA) is 43.4 Å². The zero-order valence-electron chi connectivity index (χ0n) is 7.30. The third kappa shape index (κ3) is 3.85. The van der Waals surface area contributed by atoms with E-state index in [4.69, 9.17) is 0 Å². The van der Waals surface area contributed by atoms with Crippen molar-refractivity contribution in [3.8, 4) is 0 Å². The van der Waals surface area contributed by atoms with Crippen LogP contribution in [0, 0.1) is 5.92 Å². The maximum Gasteiger partial charge on any atom is 0.309 e. The van der Waals surface area contributed by atoms with Crippen molar-refractivity contribution in [1.29, 1.82) is 0 Å². The maximum atomic E-state index is 11.0. The molecule has 0 radical (unpaired) electrons. The van der Waals surface area contributed by atoms with Crippen LogP contribution in [0.2, 0.25) is 0 Å². The number of carbonyl (C=O) groups excluding carboxylic acids is 2. The standard InChI is InChI=1S/C8H13BrO3/c1-3-6(8(11)12-2)4-7(10)5-9/h6H,3-5H2,1-2H3. The van der Waals surface area contributed by atoms with Crippen molar-refractivity contribution in [3.63, 3.8) is 0 Å². The largest absolute Gasteiger partial charge is 0.469 e. The molecule has 0 spiro atoms. The predicted molar refractivity (Wildman–Crippen MR) is 49.2 cm³/mol. The van der Waals surface area contributed by atoms with E-state index in [1.54, 1.807) is 0 Å². The summed E-state index contributed by atoms with van der Waals surface area (Å²) in [6.07, 6.45) is 0.917. The van der Waals surface area contributed by atoms with Gasteiger partial charge in [0.25, 0.3) is 0 Å². The molecule has 0 bridgehead atoms. The zero-order chi connectivity index (χ0) is 9.56. The molecule has 0 heterocycles. The number of Topliss-reactive ketones (excluding diaryl/α,β-unsaturated/α-hetero) is 1. The molecule has 0 aliphatic carbocycles. The smallest absolute Gasteiger partial charge is 0.309 e. The van der Waals surface area contributed by atoms with Crippen LogP contribution in [-0.2, 0) is 14.3 Å². The average molecular weight is 237 g/mol. The van der Waals surface area contributed by atoms with Crippen LogP contribution >= 0.6 is 15.9 Å². The minimum absolute atomic E-state index is 0.0345. The number of carbonyl (C=O) groups is 2. The second-order valence-electron chi connectivity index (χ2n) is 2.50. The molecule has 0 aromatic heterocycles. The number of hydrogen-bond donors (Lipinski definition) is 0. The summed E-state index contributed by atoms with van der Waals surface area (Å²) in [5.74, 6) is -0.542. The van der Waals surface area contributed by atoms with Crippen molar-refractivity contribution >= 4 is 27.7 Å². The minimum atomic E-state index is -0.299. The maximum absolute atomic E-state index is 11.0. The number of halogens is 1. The highest BCUT2D eigenvalue weighted by atomic mass is 79.9. The Balaban J connectivity index is 3.99. The molecule has 0 saturated carbocycles. The molecular formula is C8H13BrO3. The first-order valence-electron chi connectivity index (χ1n) is 3.81. The molecule has 0 saturated heterocycles. The molecular weight excluding hydrogens is 224 g/mol. The van der Waals surface area contributed by atoms with Crippen molar-refractivity contribution in [1.82, 2.24) is 0 Å². The second-order valence-corrected chi connectivity index (χ2v) is 3.07. The van der Waals surface area contributed by atoms with Crippen LogP contribution < -0.4 is 0 Å². The van der Waals surface area contributed by atoms with Gasteiger partial charge in [0, 0.05) is 6.42 Å². The monoisotopic (exact) mass is 236 g/mol. The Morgan fingerprint density at radius 1 is 1.50 bits per heavy atom. The molecule has 0 fully saturated rings. The van der Waals surface area contributed by atoms with E-state index in [1.807, 2.05) is 6.92 Å². The average Bonchev–Trinajstić information content (AvgIpc) is 2.12. The number of methoxy groups -OCH3 is 1. The van der Waals surface area contributed by atoms with Gasteiger partial charge < -0.3 is 4.74 Å². The van der Waals surface area contributed by atoms with Gasteiger partial charge in [-0.15, -0.1) is 0 Å². The molecule has 0 aliphatic rings. The zero-order valence-corrected chi connectivity index (χ0v) is 8.89. The quantitative estimate of drug-likeness (QED) is 0.538. The van der Waals surface area contributed by atoms with Crippen LogP contribution in [-0.4, -0.2) is 24.2 Å². The molecule has 0 aromatic rings. The lowest BCUT2D eigenvalue weighted by molar-refractivity contribution is -0.147. The van der Waals surface area contributed by atoms with Gasteiger partial charge in [-0.2, -0.15) is 0 Å². The highest BCUT2D eigenvalue weighted by molar-refractivity contribution is 9.09. The number of ether oxygens (including phenoxy) is 1. The van der Waals surface area contributed by atoms with E-state index < -0.39 is 0 Å². The Kier molecular flexibility index (Phi) is 5.98. The van der Waals surface area contributed by atoms with Crippen LogP contribution in [0.25, 0.3) is 0 Å². The van der Waals surface area contributed by atoms with Gasteiger partial charge in [0.2, 0.25) is 0 Å². The third-order valence-corrected chi connectivity index (χ3v) is 2.28. The molecule has 1 unspecified atom stereocenters. The third-order valence-electron chi connectivity index (χ3n) is 1.65. The SMILES string of the molecule is CCC(CC(=O)CBr)C(=O)OC. The van der Waals surface area contributed by atoms with Gasteiger partial charge >= 0.3 is 5.97 Å². The lowest BCUT2D eigenvalue weighted by atomic mass is 10.0. The highest BCUT2D eigenvalue weighted by Crippen LogP contribution is 2.11. The number of rotatable bonds is 5. The van der Waals surface area contributed by atoms with E-state index in [9.17, 15) is 9.59 Å². The van der Waals surface area contributed by atoms with Crippen LogP contribution in [0.1, 0.15) is 19.8 Å². The normalized spacial score (nSPS) is 12.2. The summed E-state index contributed by atoms with van der Waals surface area (Å²) < 4.78 is 4.54. The summed E-state index contributed by atoms with van der Waals surface area (Å²) in [4.78, 5) is 22.0. The molecule has 4 heteroatoms. The Morgan fingerprint density at radius 3 is 2.42 bits per heavy atom. The van der Waals surface area contributed by atoms with Crippen molar-refractivity contribution in [2.75, 3.05) is 12.4 Å². The van der Waals surface area contributed by atoms with Gasteiger partial charge in [0.05, 0.1) is 18.4 Å². The summed E-state index contributed by atoms with van der Waals surface area (Å²) in [6, 6.07) is 0. The molecule has 0 aromatic carbocycles. The summed E-state index contributed by atoms with van der Waals surface area (Å²) in [7, 11) is 1.34. The van der Waals surface area contributed by atoms with Crippen molar-refractivity contribution in [3.05, 3.63) is 0 Å². The minimum Gasteiger partial charge on any atom is -0.469 e. The summed E-state index contributed by atoms with van der Waals surface area (Å²) in [6.45, 7) is 1.86. The van der Waals surface area contributed by atoms with E-state index in [0.717, 1.165) is 0 Å². The van der Waals surface area contributed by atoms with Crippen LogP contribution in [0.5, 0.6) is 0 Å². The lowest BCUT2D eigenvalue weighted by Crippen LogP contribution is -2.19. The van der Waals surface area contributed by atoms with Gasteiger partial charge in [-0.05, 0) is 6.42 Å². The molecule has 12 heavy (non-hydrogen) atoms. The number of alkyl halides is 1. The highest BCUT2D eigenvalue weighted by Gasteiger charge is 2.19. The van der Waals surface area contributed by atoms with Crippen molar-refractivity contribution < 1.29 is 14.3 Å². The van der Waals surface area contributed by atoms with Crippen LogP contribution in [0.3, 0.4) is 0 Å². The van der Waals surface area contributed by atoms with Crippen LogP contribution in [0.15, 0.2) is 0 Å². The molecule has 0 rings (SSSR count). The molecule has 70 valence electrons. The van der Waals surface area contributed by atoms with Crippen LogP contribution in [0.4, 0.5) is 0 Å². The number of hydrogen-bond acceptors (Lipinski definition) is 3. The van der Waals surface area contributed by atoms with Gasteiger partial charge in [-0.25, -0.2) is 0 Å². The Morgan fingerprint density at radius 2 is 2.08 bits per heavy atom. The summed E-state index contributed by atoms with van der Waals surface area (Å²) in [5.41, 5.74) is 0. The fourth-order valence-corrected chi connectivity index (χ4v) is 1.12. The summed E-state index contributed by atoms with van der Waals surface area (Å²) >= 11 is 3.04. The van der Waals surface area contributed by atoms with Gasteiger partial charge in [0.1, 0.15) is 5.78 Å². The van der Waals surface area contributed by atoms with Crippen molar-refractivity contribution in [2.24, 2.45) is 5.92 Å². The van der Waals surface area contributed by atoms with Gasteiger partial charge in [-0.3, -0.25) is 9.59 Å². The Labute approximate surface area is 80.6 Å². The van der Waals surface area contributed by atoms with Gasteiger partial charge in [0.15, 0.2) is 0 Å². The van der Waals surface area contributed by atoms with E-state index in [2.05, 4.69) is 20.7 Å². The van der Waals surface area contributed by atoms with Crippen molar-refractivity contribution in [2.45, 2.75) is 19.8 Å². The van der Waals surface area contributed by atoms with E-state index in [1.165, 1.54) is 7.11 Å². The van der Waals surface area contributed by atoms with Gasteiger partial charge in [-0.1, -0.05) is 22.9 Å². The van der Waals surface area contributed by atoms with E-state index >= 15 is 0 Å². The second kappa shape index (κ2) is 6.17. The van der Waals surface area contributed by atoms with E-state index in [0.29, 0.717) is 11.8 Å². The molecule has 3 nitrogen and oxygen atoms in total. The molecule has 1 atom stereocenters. The predicted octanol–water partition coefficient (Wildman–Crippen LogP) is 1.54. The van der Waals surface area contributed by atoms with E-state index in [-0.39, 0.29) is 24.1 Å².